The number of nitrogens with one attached hydrogen (secondary N) is 1. The Balaban J connectivity index is 1.53. The van der Waals surface area contributed by atoms with Crippen molar-refractivity contribution in [1.82, 2.24) is 9.97 Å². The van der Waals surface area contributed by atoms with Gasteiger partial charge in [-0.25, -0.2) is 4.98 Å². The summed E-state index contributed by atoms with van der Waals surface area (Å²) in [4.78, 5) is 32.1. The number of pyridine rings is 1. The first kappa shape index (κ1) is 22.2. The molecule has 0 fully saturated rings. The lowest BCUT2D eigenvalue weighted by Crippen LogP contribution is -2.12. The Kier molecular flexibility index (Phi) is 6.48. The molecule has 0 saturated carbocycles. The van der Waals surface area contributed by atoms with Crippen molar-refractivity contribution < 1.29 is 19.2 Å². The van der Waals surface area contributed by atoms with E-state index < -0.39 is 10.8 Å². The number of halogens is 1. The second-order valence-electron chi connectivity index (χ2n) is 6.54. The van der Waals surface area contributed by atoms with Crippen LogP contribution >= 0.6 is 22.9 Å². The van der Waals surface area contributed by atoms with Crippen LogP contribution in [0.5, 0.6) is 17.2 Å². The van der Waals surface area contributed by atoms with Crippen molar-refractivity contribution in [1.29, 1.82) is 0 Å². The first-order valence-electron chi connectivity index (χ1n) is 9.42. The smallest absolute Gasteiger partial charge is 0.313 e. The lowest BCUT2D eigenvalue weighted by Gasteiger charge is -2.12. The van der Waals surface area contributed by atoms with E-state index in [0.29, 0.717) is 22.1 Å². The molecule has 0 spiro atoms. The highest BCUT2D eigenvalue weighted by Gasteiger charge is 2.19. The van der Waals surface area contributed by atoms with Gasteiger partial charge in [-0.1, -0.05) is 17.7 Å². The van der Waals surface area contributed by atoms with Crippen molar-refractivity contribution >= 4 is 39.7 Å². The van der Waals surface area contributed by atoms with E-state index in [9.17, 15) is 14.9 Å². The maximum Gasteiger partial charge on any atom is 0.313 e. The normalized spacial score (nSPS) is 10.5. The van der Waals surface area contributed by atoms with Crippen LogP contribution in [0.3, 0.4) is 0 Å². The van der Waals surface area contributed by atoms with E-state index in [1.807, 2.05) is 18.2 Å². The number of benzene rings is 2. The standard InChI is InChI=1S/C22H15ClN4O5S/c1-31-20-10-13(5-7-19(20)32-18-8-6-14(23)11-17(18)27(29)30)21(28)26-22-25-16(12-33-22)15-4-2-3-9-24-15/h2-12H,1H3,(H,25,26,28). The Hall–Kier alpha value is -4.02. The van der Waals surface area contributed by atoms with Gasteiger partial charge >= 0.3 is 5.69 Å². The summed E-state index contributed by atoms with van der Waals surface area (Å²) in [5.74, 6) is 0.00959. The predicted octanol–water partition coefficient (Wildman–Crippen LogP) is 5.82. The lowest BCUT2D eigenvalue weighted by molar-refractivity contribution is -0.385. The fraction of sp³-hybridized carbons (Fsp3) is 0.0455. The minimum atomic E-state index is -0.594. The summed E-state index contributed by atoms with van der Waals surface area (Å²) in [6.07, 6.45) is 1.67. The van der Waals surface area contributed by atoms with Crippen LogP contribution < -0.4 is 14.8 Å². The first-order valence-corrected chi connectivity index (χ1v) is 10.7. The average molecular weight is 483 g/mol. The van der Waals surface area contributed by atoms with Gasteiger partial charge in [-0.3, -0.25) is 25.2 Å². The van der Waals surface area contributed by atoms with E-state index in [1.54, 1.807) is 11.6 Å². The number of hydrogen-bond donors (Lipinski definition) is 1. The zero-order valence-corrected chi connectivity index (χ0v) is 18.6. The highest BCUT2D eigenvalue weighted by molar-refractivity contribution is 7.14. The summed E-state index contributed by atoms with van der Waals surface area (Å²) in [5.41, 5.74) is 1.36. The van der Waals surface area contributed by atoms with E-state index >= 15 is 0 Å². The summed E-state index contributed by atoms with van der Waals surface area (Å²) in [6, 6.07) is 14.0. The zero-order chi connectivity index (χ0) is 23.4. The Morgan fingerprint density at radius 3 is 2.64 bits per heavy atom. The molecular formula is C22H15ClN4O5S. The van der Waals surface area contributed by atoms with E-state index in [1.165, 1.54) is 54.8 Å². The number of nitro benzene ring substituents is 1. The van der Waals surface area contributed by atoms with Crippen LogP contribution in [0.4, 0.5) is 10.8 Å². The Labute approximate surface area is 196 Å². The topological polar surface area (TPSA) is 116 Å². The van der Waals surface area contributed by atoms with Gasteiger partial charge in [0.15, 0.2) is 16.6 Å². The maximum atomic E-state index is 12.7. The third-order valence-electron chi connectivity index (χ3n) is 4.42. The SMILES string of the molecule is COc1cc(C(=O)Nc2nc(-c3ccccn3)cs2)ccc1Oc1ccc(Cl)cc1[N+](=O)[O-]. The van der Waals surface area contributed by atoms with Crippen molar-refractivity contribution in [3.05, 3.63) is 86.9 Å². The third kappa shape index (κ3) is 5.08. The molecule has 2 aromatic heterocycles. The predicted molar refractivity (Wildman–Crippen MR) is 124 cm³/mol. The van der Waals surface area contributed by atoms with Gasteiger partial charge in [-0.05, 0) is 42.5 Å². The largest absolute Gasteiger partial charge is 0.493 e. The number of hydrogen-bond acceptors (Lipinski definition) is 8. The number of nitrogens with zero attached hydrogens (tertiary/aromatic N) is 3. The number of rotatable bonds is 7. The van der Waals surface area contributed by atoms with Gasteiger partial charge in [0.1, 0.15) is 5.69 Å². The number of anilines is 1. The van der Waals surface area contributed by atoms with Gasteiger partial charge in [-0.2, -0.15) is 0 Å². The Morgan fingerprint density at radius 2 is 1.91 bits per heavy atom. The summed E-state index contributed by atoms with van der Waals surface area (Å²) < 4.78 is 11.0. The molecule has 1 amide bonds. The quantitative estimate of drug-likeness (QED) is 0.260. The zero-order valence-electron chi connectivity index (χ0n) is 17.0. The molecule has 9 nitrogen and oxygen atoms in total. The van der Waals surface area contributed by atoms with Crippen molar-refractivity contribution in [2.45, 2.75) is 0 Å². The number of methoxy groups -OCH3 is 1. The van der Waals surface area contributed by atoms with Crippen LogP contribution in [0.1, 0.15) is 10.4 Å². The average Bonchev–Trinajstić information content (AvgIpc) is 3.29. The molecule has 33 heavy (non-hydrogen) atoms. The lowest BCUT2D eigenvalue weighted by atomic mass is 10.2. The Morgan fingerprint density at radius 1 is 1.09 bits per heavy atom. The molecule has 0 atom stereocenters. The summed E-state index contributed by atoms with van der Waals surface area (Å²) in [7, 11) is 1.40. The molecule has 2 aromatic carbocycles. The molecule has 0 radical (unpaired) electrons. The molecule has 0 aliphatic rings. The van der Waals surface area contributed by atoms with Crippen LogP contribution in [0.15, 0.2) is 66.2 Å². The van der Waals surface area contributed by atoms with E-state index in [-0.39, 0.29) is 28.0 Å². The fourth-order valence-electron chi connectivity index (χ4n) is 2.86. The molecule has 0 saturated heterocycles. The van der Waals surface area contributed by atoms with Crippen LogP contribution in [-0.2, 0) is 0 Å². The number of carbonyl (C=O) groups excluding carboxylic acids is 1. The molecule has 11 heteroatoms. The van der Waals surface area contributed by atoms with Crippen LogP contribution in [0.25, 0.3) is 11.4 Å². The van der Waals surface area contributed by atoms with Crippen LogP contribution in [0, 0.1) is 10.1 Å². The molecule has 0 aliphatic carbocycles. The van der Waals surface area contributed by atoms with E-state index in [0.717, 1.165) is 0 Å². The number of aromatic nitrogens is 2. The van der Waals surface area contributed by atoms with E-state index in [4.69, 9.17) is 21.1 Å². The molecule has 1 N–H and O–H groups in total. The molecule has 166 valence electrons. The van der Waals surface area contributed by atoms with Crippen molar-refractivity contribution in [3.63, 3.8) is 0 Å². The second-order valence-corrected chi connectivity index (χ2v) is 7.84. The second kappa shape index (κ2) is 9.63. The van der Waals surface area contributed by atoms with Gasteiger partial charge in [0.2, 0.25) is 5.75 Å². The van der Waals surface area contributed by atoms with Crippen molar-refractivity contribution in [2.75, 3.05) is 12.4 Å². The number of nitro groups is 1. The van der Waals surface area contributed by atoms with Crippen molar-refractivity contribution in [2.24, 2.45) is 0 Å². The van der Waals surface area contributed by atoms with Gasteiger partial charge < -0.3 is 9.47 Å². The van der Waals surface area contributed by atoms with Crippen LogP contribution in [0.2, 0.25) is 5.02 Å². The number of thiazole rings is 1. The Bertz CT molecular complexity index is 1330. The minimum Gasteiger partial charge on any atom is -0.493 e. The van der Waals surface area contributed by atoms with Gasteiger partial charge in [-0.15, -0.1) is 11.3 Å². The van der Waals surface area contributed by atoms with Gasteiger partial charge in [0.25, 0.3) is 5.91 Å². The summed E-state index contributed by atoms with van der Waals surface area (Å²) in [6.45, 7) is 0. The number of ether oxygens (including phenoxy) is 2. The van der Waals surface area contributed by atoms with E-state index in [2.05, 4.69) is 15.3 Å². The first-order chi connectivity index (χ1) is 15.9. The third-order valence-corrected chi connectivity index (χ3v) is 5.41. The highest BCUT2D eigenvalue weighted by atomic mass is 35.5. The fourth-order valence-corrected chi connectivity index (χ4v) is 3.73. The minimum absolute atomic E-state index is 0.00950. The number of carbonyl (C=O) groups is 1. The molecule has 4 aromatic rings. The monoisotopic (exact) mass is 482 g/mol. The molecule has 0 aliphatic heterocycles. The van der Waals surface area contributed by atoms with Gasteiger partial charge in [0, 0.05) is 28.2 Å². The molecule has 2 heterocycles. The molecule has 4 rings (SSSR count). The van der Waals surface area contributed by atoms with Gasteiger partial charge in [0.05, 0.1) is 17.7 Å². The summed E-state index contributed by atoms with van der Waals surface area (Å²) in [5, 5.41) is 16.5. The highest BCUT2D eigenvalue weighted by Crippen LogP contribution is 2.38. The van der Waals surface area contributed by atoms with Crippen molar-refractivity contribution in [3.8, 4) is 28.6 Å². The summed E-state index contributed by atoms with van der Waals surface area (Å²) >= 11 is 7.12. The molecule has 0 unspecified atom stereocenters. The van der Waals surface area contributed by atoms with Crippen LogP contribution in [-0.4, -0.2) is 27.9 Å². The maximum absolute atomic E-state index is 12.7. The number of amides is 1. The molecule has 0 bridgehead atoms. The molecular weight excluding hydrogens is 468 g/mol.